The molecule has 4 heteroatoms. The Morgan fingerprint density at radius 1 is 1.15 bits per heavy atom. The van der Waals surface area contributed by atoms with Crippen molar-refractivity contribution in [1.29, 1.82) is 0 Å². The van der Waals surface area contributed by atoms with Crippen LogP contribution in [-0.2, 0) is 0 Å². The Labute approximate surface area is 122 Å². The van der Waals surface area contributed by atoms with Crippen molar-refractivity contribution in [2.24, 2.45) is 0 Å². The van der Waals surface area contributed by atoms with Crippen molar-refractivity contribution in [3.05, 3.63) is 64.7 Å². The summed E-state index contributed by atoms with van der Waals surface area (Å²) in [5.74, 6) is 0.241. The van der Waals surface area contributed by atoms with Gasteiger partial charge in [0.2, 0.25) is 0 Å². The molecule has 0 radical (unpaired) electrons. The Bertz CT molecular complexity index is 642. The van der Waals surface area contributed by atoms with Crippen LogP contribution in [0.2, 0.25) is 5.02 Å². The van der Waals surface area contributed by atoms with Gasteiger partial charge in [-0.25, -0.2) is 0 Å². The van der Waals surface area contributed by atoms with Crippen molar-refractivity contribution in [1.82, 2.24) is 5.32 Å². The summed E-state index contributed by atoms with van der Waals surface area (Å²) in [5, 5.41) is 3.33. The smallest absolute Gasteiger partial charge is 0.253 e. The molecular formula is C16H15ClN2O. The van der Waals surface area contributed by atoms with Gasteiger partial charge in [-0.05, 0) is 24.1 Å². The predicted octanol–water partition coefficient (Wildman–Crippen LogP) is 3.21. The van der Waals surface area contributed by atoms with Crippen LogP contribution in [0.4, 0.5) is 5.69 Å². The molecule has 0 heterocycles. The molecule has 0 aromatic heterocycles. The number of nitrogens with one attached hydrogen (secondary N) is 1. The maximum Gasteiger partial charge on any atom is 0.253 e. The van der Waals surface area contributed by atoms with Gasteiger partial charge in [0.15, 0.2) is 0 Å². The van der Waals surface area contributed by atoms with Crippen molar-refractivity contribution in [3.8, 4) is 0 Å². The Morgan fingerprint density at radius 3 is 2.65 bits per heavy atom. The predicted molar refractivity (Wildman–Crippen MR) is 80.9 cm³/mol. The zero-order valence-corrected chi connectivity index (χ0v) is 11.6. The molecule has 1 saturated carbocycles. The van der Waals surface area contributed by atoms with Crippen LogP contribution in [0, 0.1) is 0 Å². The van der Waals surface area contributed by atoms with Crippen molar-refractivity contribution >= 4 is 23.2 Å². The first kappa shape index (κ1) is 13.0. The summed E-state index contributed by atoms with van der Waals surface area (Å²) in [7, 11) is 0. The monoisotopic (exact) mass is 286 g/mol. The Morgan fingerprint density at radius 2 is 1.90 bits per heavy atom. The molecule has 3 N–H and O–H groups in total. The van der Waals surface area contributed by atoms with Gasteiger partial charge in [0.1, 0.15) is 0 Å². The van der Waals surface area contributed by atoms with Crippen LogP contribution in [0.5, 0.6) is 0 Å². The summed E-state index contributed by atoms with van der Waals surface area (Å²) in [6.07, 6.45) is 0.968. The number of halogens is 1. The van der Waals surface area contributed by atoms with Crippen LogP contribution >= 0.6 is 11.6 Å². The lowest BCUT2D eigenvalue weighted by atomic mass is 10.1. The van der Waals surface area contributed by atoms with Gasteiger partial charge in [-0.1, -0.05) is 48.0 Å². The fraction of sp³-hybridized carbons (Fsp3) is 0.188. The summed E-state index contributed by atoms with van der Waals surface area (Å²) >= 11 is 6.06. The summed E-state index contributed by atoms with van der Waals surface area (Å²) in [4.78, 5) is 12.2. The lowest BCUT2D eigenvalue weighted by molar-refractivity contribution is 0.0950. The van der Waals surface area contributed by atoms with E-state index in [1.54, 1.807) is 18.2 Å². The summed E-state index contributed by atoms with van der Waals surface area (Å²) in [5.41, 5.74) is 7.83. The van der Waals surface area contributed by atoms with E-state index in [4.69, 9.17) is 17.3 Å². The molecule has 0 saturated heterocycles. The third kappa shape index (κ3) is 2.49. The third-order valence-electron chi connectivity index (χ3n) is 3.61. The number of carbonyl (C=O) groups is 1. The maximum absolute atomic E-state index is 12.2. The zero-order chi connectivity index (χ0) is 14.1. The SMILES string of the molecule is Nc1cccc(C(=O)NC2CC2c2ccccc2)c1Cl. The van der Waals surface area contributed by atoms with E-state index in [0.29, 0.717) is 22.2 Å². The van der Waals surface area contributed by atoms with Crippen LogP contribution < -0.4 is 11.1 Å². The number of carbonyl (C=O) groups excluding carboxylic acids is 1. The summed E-state index contributed by atoms with van der Waals surface area (Å²) in [6, 6.07) is 15.5. The summed E-state index contributed by atoms with van der Waals surface area (Å²) in [6.45, 7) is 0. The number of rotatable bonds is 3. The standard InChI is InChI=1S/C16H15ClN2O/c17-15-11(7-4-8-13(15)18)16(20)19-14-9-12(14)10-5-2-1-3-6-10/h1-8,12,14H,9,18H2,(H,19,20). The third-order valence-corrected chi connectivity index (χ3v) is 4.03. The molecule has 2 aromatic carbocycles. The summed E-state index contributed by atoms with van der Waals surface area (Å²) < 4.78 is 0. The highest BCUT2D eigenvalue weighted by molar-refractivity contribution is 6.36. The molecule has 0 aliphatic heterocycles. The first-order valence-electron chi connectivity index (χ1n) is 6.56. The normalized spacial score (nSPS) is 20.4. The number of hydrogen-bond acceptors (Lipinski definition) is 2. The van der Waals surface area contributed by atoms with Gasteiger partial charge in [-0.2, -0.15) is 0 Å². The van der Waals surface area contributed by atoms with E-state index >= 15 is 0 Å². The number of hydrogen-bond donors (Lipinski definition) is 2. The topological polar surface area (TPSA) is 55.1 Å². The van der Waals surface area contributed by atoms with Gasteiger partial charge in [-0.15, -0.1) is 0 Å². The van der Waals surface area contributed by atoms with E-state index in [9.17, 15) is 4.79 Å². The molecule has 1 aliphatic carbocycles. The Balaban J connectivity index is 1.68. The van der Waals surface area contributed by atoms with E-state index in [1.165, 1.54) is 5.56 Å². The van der Waals surface area contributed by atoms with E-state index in [0.717, 1.165) is 6.42 Å². The molecule has 2 atom stereocenters. The molecule has 2 unspecified atom stereocenters. The lowest BCUT2D eigenvalue weighted by Crippen LogP contribution is -2.27. The minimum absolute atomic E-state index is 0.161. The van der Waals surface area contributed by atoms with Crippen molar-refractivity contribution in [2.75, 3.05) is 5.73 Å². The van der Waals surface area contributed by atoms with Crippen molar-refractivity contribution in [3.63, 3.8) is 0 Å². The Kier molecular flexibility index (Phi) is 3.36. The first-order chi connectivity index (χ1) is 9.66. The largest absolute Gasteiger partial charge is 0.398 e. The van der Waals surface area contributed by atoms with E-state index in [-0.39, 0.29) is 11.9 Å². The average Bonchev–Trinajstić information content (AvgIpc) is 3.22. The second-order valence-corrected chi connectivity index (χ2v) is 5.42. The van der Waals surface area contributed by atoms with Gasteiger partial charge in [0.05, 0.1) is 16.3 Å². The fourth-order valence-electron chi connectivity index (χ4n) is 2.39. The van der Waals surface area contributed by atoms with E-state index in [1.807, 2.05) is 18.2 Å². The number of anilines is 1. The number of nitrogen functional groups attached to an aromatic ring is 1. The van der Waals surface area contributed by atoms with Crippen LogP contribution in [0.1, 0.15) is 28.3 Å². The second kappa shape index (κ2) is 5.17. The Hall–Kier alpha value is -2.00. The number of amides is 1. The molecular weight excluding hydrogens is 272 g/mol. The average molecular weight is 287 g/mol. The molecule has 1 fully saturated rings. The highest BCUT2D eigenvalue weighted by Gasteiger charge is 2.39. The molecule has 3 rings (SSSR count). The molecule has 1 amide bonds. The molecule has 20 heavy (non-hydrogen) atoms. The minimum atomic E-state index is -0.161. The molecule has 1 aliphatic rings. The van der Waals surface area contributed by atoms with E-state index in [2.05, 4.69) is 17.4 Å². The van der Waals surface area contributed by atoms with Crippen LogP contribution in [-0.4, -0.2) is 11.9 Å². The first-order valence-corrected chi connectivity index (χ1v) is 6.94. The molecule has 102 valence electrons. The molecule has 0 spiro atoms. The van der Waals surface area contributed by atoms with Gasteiger partial charge in [0.25, 0.3) is 5.91 Å². The van der Waals surface area contributed by atoms with Crippen LogP contribution in [0.3, 0.4) is 0 Å². The second-order valence-electron chi connectivity index (χ2n) is 5.04. The number of benzene rings is 2. The lowest BCUT2D eigenvalue weighted by Gasteiger charge is -2.08. The molecule has 3 nitrogen and oxygen atoms in total. The van der Waals surface area contributed by atoms with Gasteiger partial charge in [-0.3, -0.25) is 4.79 Å². The van der Waals surface area contributed by atoms with Gasteiger partial charge in [0, 0.05) is 12.0 Å². The van der Waals surface area contributed by atoms with Crippen molar-refractivity contribution in [2.45, 2.75) is 18.4 Å². The minimum Gasteiger partial charge on any atom is -0.398 e. The molecule has 0 bridgehead atoms. The maximum atomic E-state index is 12.2. The van der Waals surface area contributed by atoms with Crippen molar-refractivity contribution < 1.29 is 4.79 Å². The number of nitrogens with two attached hydrogens (primary N) is 1. The fourth-order valence-corrected chi connectivity index (χ4v) is 2.61. The van der Waals surface area contributed by atoms with E-state index < -0.39 is 0 Å². The van der Waals surface area contributed by atoms with Crippen LogP contribution in [0.25, 0.3) is 0 Å². The molecule has 2 aromatic rings. The van der Waals surface area contributed by atoms with Gasteiger partial charge >= 0.3 is 0 Å². The van der Waals surface area contributed by atoms with Crippen LogP contribution in [0.15, 0.2) is 48.5 Å². The highest BCUT2D eigenvalue weighted by atomic mass is 35.5. The highest BCUT2D eigenvalue weighted by Crippen LogP contribution is 2.40. The zero-order valence-electron chi connectivity index (χ0n) is 10.8. The quantitative estimate of drug-likeness (QED) is 0.851. The van der Waals surface area contributed by atoms with Gasteiger partial charge < -0.3 is 11.1 Å².